The average Bonchev–Trinajstić information content (AvgIpc) is 3.94. The van der Waals surface area contributed by atoms with Crippen molar-refractivity contribution < 1.29 is 43.9 Å². The number of para-hydroxylation sites is 2. The molecule has 0 aliphatic rings. The molecule has 0 N–H and O–H groups in total. The number of halogens is 10. The molecule has 0 atom stereocenters. The molecule has 2 aromatic heterocycles. The van der Waals surface area contributed by atoms with E-state index < -0.39 is 80.7 Å². The molecule has 14 heteroatoms. The minimum absolute atomic E-state index is 0.00443. The van der Waals surface area contributed by atoms with Gasteiger partial charge in [-0.1, -0.05) is 71.8 Å². The first-order valence-corrected chi connectivity index (χ1v) is 23.7. The van der Waals surface area contributed by atoms with Crippen LogP contribution in [0.2, 0.25) is 0 Å². The fourth-order valence-corrected chi connectivity index (χ4v) is 10.2. The van der Waals surface area contributed by atoms with E-state index in [2.05, 4.69) is 0 Å². The quantitative estimate of drug-likeness (QED) is 0.106. The van der Waals surface area contributed by atoms with Crippen molar-refractivity contribution in [2.45, 2.75) is 13.8 Å². The van der Waals surface area contributed by atoms with Gasteiger partial charge in [-0.2, -0.15) is 0 Å². The third-order valence-electron chi connectivity index (χ3n) is 13.8. The standard InChI is InChI=1S/C62H36F10N4/c1-33-11-19-37(20-12-33)73(41-27-29-49-45(31-41)43-7-3-5-9-47(43)75(49)39-23-15-35(63)16-24-39)61-57(69)53(65)51(54(66)58(61)70)52-55(67)59(71)62(60(72)56(52)68)74(38-21-13-34(2)14-22-38)42-28-30-50-46(32-42)44-8-4-6-10-48(44)76(50)40-25-17-36(64)18-26-40/h3-32H,1-2H3. The highest BCUT2D eigenvalue weighted by atomic mass is 19.2. The third-order valence-corrected chi connectivity index (χ3v) is 13.8. The zero-order valence-corrected chi connectivity index (χ0v) is 39.9. The molecule has 0 radical (unpaired) electrons. The number of rotatable bonds is 9. The van der Waals surface area contributed by atoms with Crippen molar-refractivity contribution >= 4 is 77.7 Å². The first kappa shape index (κ1) is 47.7. The lowest BCUT2D eigenvalue weighted by atomic mass is 9.98. The van der Waals surface area contributed by atoms with Crippen molar-refractivity contribution in [3.63, 3.8) is 0 Å². The van der Waals surface area contributed by atoms with Crippen molar-refractivity contribution in [2.75, 3.05) is 9.80 Å². The monoisotopic (exact) mass is 1030 g/mol. The summed E-state index contributed by atoms with van der Waals surface area (Å²) in [6.45, 7) is 3.48. The lowest BCUT2D eigenvalue weighted by Gasteiger charge is -2.28. The maximum Gasteiger partial charge on any atom is 0.186 e. The number of benzene rings is 10. The Labute approximate surface area is 426 Å². The van der Waals surface area contributed by atoms with Gasteiger partial charge in [0.05, 0.1) is 33.2 Å². The summed E-state index contributed by atoms with van der Waals surface area (Å²) >= 11 is 0. The van der Waals surface area contributed by atoms with Crippen molar-refractivity contribution in [1.29, 1.82) is 0 Å². The smallest absolute Gasteiger partial charge is 0.186 e. The van der Waals surface area contributed by atoms with Crippen LogP contribution in [0.25, 0.3) is 66.1 Å². The highest BCUT2D eigenvalue weighted by Gasteiger charge is 2.38. The fraction of sp³-hybridized carbons (Fsp3) is 0.0323. The number of hydrogen-bond acceptors (Lipinski definition) is 2. The highest BCUT2D eigenvalue weighted by molar-refractivity contribution is 6.12. The summed E-state index contributed by atoms with van der Waals surface area (Å²) in [5.41, 5.74) is -1.69. The van der Waals surface area contributed by atoms with Crippen molar-refractivity contribution in [3.05, 3.63) is 251 Å². The summed E-state index contributed by atoms with van der Waals surface area (Å²) in [4.78, 5) is 1.77. The lowest BCUT2D eigenvalue weighted by molar-refractivity contribution is 0.444. The van der Waals surface area contributed by atoms with Crippen LogP contribution in [-0.4, -0.2) is 9.13 Å². The molecule has 10 aromatic carbocycles. The molecule has 0 spiro atoms. The minimum atomic E-state index is -2.34. The molecule has 12 rings (SSSR count). The van der Waals surface area contributed by atoms with Gasteiger partial charge in [0, 0.05) is 55.7 Å². The van der Waals surface area contributed by atoms with Crippen LogP contribution in [-0.2, 0) is 0 Å². The van der Waals surface area contributed by atoms with E-state index in [1.807, 2.05) is 21.3 Å². The molecule has 0 aliphatic heterocycles. The van der Waals surface area contributed by atoms with Crippen LogP contribution in [0.5, 0.6) is 0 Å². The molecule has 0 unspecified atom stereocenters. The molecule has 0 bridgehead atoms. The second-order valence-electron chi connectivity index (χ2n) is 18.4. The average molecular weight is 1030 g/mol. The van der Waals surface area contributed by atoms with Gasteiger partial charge in [-0.3, -0.25) is 0 Å². The van der Waals surface area contributed by atoms with Gasteiger partial charge < -0.3 is 18.9 Å². The number of hydrogen-bond donors (Lipinski definition) is 0. The number of nitrogens with zero attached hydrogens (tertiary/aromatic N) is 4. The Hall–Kier alpha value is -9.30. The minimum Gasteiger partial charge on any atom is -0.309 e. The zero-order chi connectivity index (χ0) is 52.8. The van der Waals surface area contributed by atoms with Crippen molar-refractivity contribution in [3.8, 4) is 22.5 Å². The van der Waals surface area contributed by atoms with Crippen LogP contribution in [0.3, 0.4) is 0 Å². The Balaban J connectivity index is 1.03. The van der Waals surface area contributed by atoms with Crippen LogP contribution >= 0.6 is 0 Å². The van der Waals surface area contributed by atoms with Crippen molar-refractivity contribution in [1.82, 2.24) is 9.13 Å². The van der Waals surface area contributed by atoms with E-state index in [4.69, 9.17) is 0 Å². The van der Waals surface area contributed by atoms with Gasteiger partial charge in [-0.05, 0) is 135 Å². The molecule has 0 aliphatic carbocycles. The van der Waals surface area contributed by atoms with Crippen LogP contribution < -0.4 is 9.80 Å². The molecule has 2 heterocycles. The largest absolute Gasteiger partial charge is 0.309 e. The molecule has 76 heavy (non-hydrogen) atoms. The Morgan fingerprint density at radius 3 is 0.934 bits per heavy atom. The molecule has 4 nitrogen and oxygen atoms in total. The fourth-order valence-electron chi connectivity index (χ4n) is 10.2. The summed E-state index contributed by atoms with van der Waals surface area (Å²) in [6.07, 6.45) is 0. The van der Waals surface area contributed by atoms with Gasteiger partial charge in [0.15, 0.2) is 46.5 Å². The van der Waals surface area contributed by atoms with Crippen LogP contribution in [0.15, 0.2) is 182 Å². The normalized spacial score (nSPS) is 11.7. The van der Waals surface area contributed by atoms with E-state index in [0.29, 0.717) is 66.1 Å². The van der Waals surface area contributed by atoms with Crippen LogP contribution in [0, 0.1) is 72.0 Å². The van der Waals surface area contributed by atoms with Crippen LogP contribution in [0.1, 0.15) is 11.1 Å². The second kappa shape index (κ2) is 18.3. The van der Waals surface area contributed by atoms with Gasteiger partial charge in [-0.25, -0.2) is 43.9 Å². The van der Waals surface area contributed by atoms with Gasteiger partial charge >= 0.3 is 0 Å². The Bertz CT molecular complexity index is 3970. The van der Waals surface area contributed by atoms with Gasteiger partial charge in [0.25, 0.3) is 0 Å². The molecule has 0 amide bonds. The molecule has 0 saturated heterocycles. The van der Waals surface area contributed by atoms with E-state index >= 15 is 35.1 Å². The summed E-state index contributed by atoms with van der Waals surface area (Å²) in [5, 5.41) is 2.32. The van der Waals surface area contributed by atoms with Gasteiger partial charge in [0.1, 0.15) is 23.0 Å². The number of aromatic nitrogens is 2. The third kappa shape index (κ3) is 7.53. The van der Waals surface area contributed by atoms with Gasteiger partial charge in [-0.15, -0.1) is 0 Å². The molecule has 0 saturated carbocycles. The second-order valence-corrected chi connectivity index (χ2v) is 18.4. The van der Waals surface area contributed by atoms with Crippen molar-refractivity contribution in [2.24, 2.45) is 0 Å². The highest BCUT2D eigenvalue weighted by Crippen LogP contribution is 2.49. The first-order chi connectivity index (χ1) is 36.7. The summed E-state index contributed by atoms with van der Waals surface area (Å²) in [7, 11) is 0. The molecule has 0 fully saturated rings. The SMILES string of the molecule is Cc1ccc(N(c2ccc3c(c2)c2ccccc2n3-c2ccc(F)cc2)c2c(F)c(F)c(-c3c(F)c(F)c(N(c4ccc(C)cc4)c4ccc5c(c4)c4ccccc4n5-c4ccc(F)cc4)c(F)c3F)c(F)c2F)cc1. The predicted octanol–water partition coefficient (Wildman–Crippen LogP) is 18.5. The Morgan fingerprint density at radius 1 is 0.289 bits per heavy atom. The van der Waals surface area contributed by atoms with E-state index in [1.54, 1.807) is 111 Å². The van der Waals surface area contributed by atoms with Crippen LogP contribution in [0.4, 0.5) is 78.0 Å². The Kier molecular flexibility index (Phi) is 11.5. The van der Waals surface area contributed by atoms with E-state index in [1.165, 1.54) is 72.8 Å². The van der Waals surface area contributed by atoms with E-state index in [-0.39, 0.29) is 22.7 Å². The maximum absolute atomic E-state index is 17.1. The number of aryl methyl sites for hydroxylation is 2. The number of fused-ring (bicyclic) bond motifs is 6. The first-order valence-electron chi connectivity index (χ1n) is 23.7. The molecular formula is C62H36F10N4. The molecule has 374 valence electrons. The molecule has 12 aromatic rings. The summed E-state index contributed by atoms with van der Waals surface area (Å²) in [6, 6.07) is 47.0. The molecular weight excluding hydrogens is 991 g/mol. The number of anilines is 6. The van der Waals surface area contributed by atoms with Gasteiger partial charge in [0.2, 0.25) is 0 Å². The lowest BCUT2D eigenvalue weighted by Crippen LogP contribution is -2.19. The zero-order valence-electron chi connectivity index (χ0n) is 39.9. The Morgan fingerprint density at radius 2 is 0.592 bits per heavy atom. The summed E-state index contributed by atoms with van der Waals surface area (Å²) in [5.74, 6) is -18.9. The summed E-state index contributed by atoms with van der Waals surface area (Å²) < 4.78 is 168. The maximum atomic E-state index is 17.1. The van der Waals surface area contributed by atoms with E-state index in [9.17, 15) is 8.78 Å². The topological polar surface area (TPSA) is 16.3 Å². The predicted molar refractivity (Wildman–Crippen MR) is 279 cm³/mol. The van der Waals surface area contributed by atoms with E-state index in [0.717, 1.165) is 9.80 Å².